The number of anilines is 2. The van der Waals surface area contributed by atoms with Crippen LogP contribution in [-0.4, -0.2) is 24.4 Å². The van der Waals surface area contributed by atoms with Crippen LogP contribution in [0.3, 0.4) is 0 Å². The number of rotatable bonds is 4. The number of ether oxygens (including phenoxy) is 2. The maximum absolute atomic E-state index is 6.07. The van der Waals surface area contributed by atoms with Gasteiger partial charge in [-0.1, -0.05) is 23.2 Å². The van der Waals surface area contributed by atoms with E-state index in [9.17, 15) is 0 Å². The fraction of sp³-hybridized carbons (Fsp3) is 0.167. The molecule has 2 rings (SSSR count). The number of nitrogens with zero attached hydrogens (tertiary/aromatic N) is 2. The highest BCUT2D eigenvalue weighted by Gasteiger charge is 2.10. The van der Waals surface area contributed by atoms with Gasteiger partial charge in [-0.2, -0.15) is 0 Å². The standard InChI is InChI=1S/C12H11Cl2N3O2/c1-18-9-6-10(19-2)8(5-7(9)13)15-12-4-3-11(14)16-17-12/h3-6H,1-2H3,(H,15,17). The van der Waals surface area contributed by atoms with Gasteiger partial charge in [0.25, 0.3) is 0 Å². The number of aromatic nitrogens is 2. The molecule has 0 amide bonds. The molecule has 0 saturated carbocycles. The van der Waals surface area contributed by atoms with Crippen LogP contribution in [0.5, 0.6) is 11.5 Å². The molecule has 1 aromatic heterocycles. The molecule has 0 unspecified atom stereocenters. The van der Waals surface area contributed by atoms with Crippen LogP contribution in [0.1, 0.15) is 0 Å². The summed E-state index contributed by atoms with van der Waals surface area (Å²) in [5.74, 6) is 1.65. The first-order chi connectivity index (χ1) is 9.13. The second-order valence-electron chi connectivity index (χ2n) is 3.55. The average Bonchev–Trinajstić information content (AvgIpc) is 2.42. The second kappa shape index (κ2) is 5.95. The summed E-state index contributed by atoms with van der Waals surface area (Å²) in [6.45, 7) is 0. The van der Waals surface area contributed by atoms with Crippen molar-refractivity contribution in [1.29, 1.82) is 0 Å². The molecular formula is C12H11Cl2N3O2. The molecule has 7 heteroatoms. The van der Waals surface area contributed by atoms with E-state index < -0.39 is 0 Å². The van der Waals surface area contributed by atoms with E-state index in [4.69, 9.17) is 32.7 Å². The Morgan fingerprint density at radius 1 is 1.00 bits per heavy atom. The molecule has 0 aliphatic heterocycles. The molecule has 0 aliphatic rings. The third kappa shape index (κ3) is 3.19. The van der Waals surface area contributed by atoms with E-state index in [1.54, 1.807) is 38.5 Å². The molecule has 100 valence electrons. The minimum absolute atomic E-state index is 0.324. The monoisotopic (exact) mass is 299 g/mol. The highest BCUT2D eigenvalue weighted by molar-refractivity contribution is 6.32. The first-order valence-electron chi connectivity index (χ1n) is 5.32. The SMILES string of the molecule is COc1cc(OC)c(Nc2ccc(Cl)nn2)cc1Cl. The van der Waals surface area contributed by atoms with E-state index in [2.05, 4.69) is 15.5 Å². The van der Waals surface area contributed by atoms with Crippen molar-refractivity contribution in [3.8, 4) is 11.5 Å². The largest absolute Gasteiger partial charge is 0.495 e. The summed E-state index contributed by atoms with van der Waals surface area (Å²) >= 11 is 11.7. The second-order valence-corrected chi connectivity index (χ2v) is 4.35. The zero-order chi connectivity index (χ0) is 13.8. The van der Waals surface area contributed by atoms with Crippen LogP contribution in [0.4, 0.5) is 11.5 Å². The van der Waals surface area contributed by atoms with Gasteiger partial charge in [0.2, 0.25) is 0 Å². The summed E-state index contributed by atoms with van der Waals surface area (Å²) in [5, 5.41) is 11.5. The van der Waals surface area contributed by atoms with Crippen LogP contribution in [0.2, 0.25) is 10.2 Å². The van der Waals surface area contributed by atoms with E-state index in [1.165, 1.54) is 0 Å². The number of methoxy groups -OCH3 is 2. The molecule has 1 N–H and O–H groups in total. The topological polar surface area (TPSA) is 56.3 Å². The van der Waals surface area contributed by atoms with Gasteiger partial charge in [0.15, 0.2) is 11.0 Å². The van der Waals surface area contributed by atoms with Gasteiger partial charge in [0, 0.05) is 6.07 Å². The lowest BCUT2D eigenvalue weighted by molar-refractivity contribution is 0.396. The van der Waals surface area contributed by atoms with Crippen LogP contribution in [0.15, 0.2) is 24.3 Å². The van der Waals surface area contributed by atoms with E-state index in [-0.39, 0.29) is 0 Å². The Morgan fingerprint density at radius 3 is 2.32 bits per heavy atom. The first-order valence-corrected chi connectivity index (χ1v) is 6.07. The number of halogens is 2. The zero-order valence-corrected chi connectivity index (χ0v) is 11.8. The Kier molecular flexibility index (Phi) is 4.29. The molecule has 0 aliphatic carbocycles. The third-order valence-corrected chi connectivity index (χ3v) is 2.87. The predicted octanol–water partition coefficient (Wildman–Crippen LogP) is 3.54. The summed E-state index contributed by atoms with van der Waals surface area (Å²) in [4.78, 5) is 0. The minimum Gasteiger partial charge on any atom is -0.495 e. The molecule has 0 saturated heterocycles. The van der Waals surface area contributed by atoms with Crippen molar-refractivity contribution in [1.82, 2.24) is 10.2 Å². The first kappa shape index (κ1) is 13.7. The van der Waals surface area contributed by atoms with Gasteiger partial charge in [0.05, 0.1) is 24.9 Å². The Hall–Kier alpha value is -1.72. The normalized spacial score (nSPS) is 10.1. The van der Waals surface area contributed by atoms with Crippen molar-refractivity contribution >= 4 is 34.7 Å². The summed E-state index contributed by atoms with van der Waals surface area (Å²) in [6, 6.07) is 6.71. The van der Waals surface area contributed by atoms with Crippen molar-refractivity contribution < 1.29 is 9.47 Å². The van der Waals surface area contributed by atoms with Gasteiger partial charge in [-0.3, -0.25) is 0 Å². The molecule has 0 fully saturated rings. The van der Waals surface area contributed by atoms with Crippen LogP contribution in [0, 0.1) is 0 Å². The van der Waals surface area contributed by atoms with Crippen molar-refractivity contribution in [2.75, 3.05) is 19.5 Å². The van der Waals surface area contributed by atoms with Crippen molar-refractivity contribution in [2.45, 2.75) is 0 Å². The number of hydrogen-bond acceptors (Lipinski definition) is 5. The maximum atomic E-state index is 6.07. The molecule has 0 spiro atoms. The Labute approximate surface area is 120 Å². The fourth-order valence-electron chi connectivity index (χ4n) is 1.48. The van der Waals surface area contributed by atoms with Crippen molar-refractivity contribution in [3.05, 3.63) is 34.4 Å². The number of nitrogens with one attached hydrogen (secondary N) is 1. The van der Waals surface area contributed by atoms with Crippen LogP contribution in [0.25, 0.3) is 0 Å². The van der Waals surface area contributed by atoms with Crippen molar-refractivity contribution in [2.24, 2.45) is 0 Å². The summed E-state index contributed by atoms with van der Waals surface area (Å²) in [6.07, 6.45) is 0. The molecule has 1 aromatic carbocycles. The van der Waals surface area contributed by atoms with E-state index in [0.717, 1.165) is 0 Å². The lowest BCUT2D eigenvalue weighted by Gasteiger charge is -2.13. The summed E-state index contributed by atoms with van der Waals surface area (Å²) in [5.41, 5.74) is 0.657. The molecule has 0 radical (unpaired) electrons. The molecule has 0 atom stereocenters. The zero-order valence-electron chi connectivity index (χ0n) is 10.3. The Bertz CT molecular complexity index is 576. The Balaban J connectivity index is 2.33. The molecule has 19 heavy (non-hydrogen) atoms. The number of benzene rings is 1. The smallest absolute Gasteiger partial charge is 0.153 e. The van der Waals surface area contributed by atoms with Gasteiger partial charge in [-0.25, -0.2) is 0 Å². The van der Waals surface area contributed by atoms with Crippen LogP contribution in [-0.2, 0) is 0 Å². The summed E-state index contributed by atoms with van der Waals surface area (Å²) in [7, 11) is 3.10. The average molecular weight is 300 g/mol. The van der Waals surface area contributed by atoms with Gasteiger partial charge in [-0.15, -0.1) is 10.2 Å². The predicted molar refractivity (Wildman–Crippen MR) is 74.9 cm³/mol. The van der Waals surface area contributed by atoms with E-state index in [0.29, 0.717) is 33.2 Å². The van der Waals surface area contributed by atoms with Crippen LogP contribution < -0.4 is 14.8 Å². The fourth-order valence-corrected chi connectivity index (χ4v) is 1.82. The number of hydrogen-bond donors (Lipinski definition) is 1. The molecule has 2 aromatic rings. The molecule has 5 nitrogen and oxygen atoms in total. The highest BCUT2D eigenvalue weighted by Crippen LogP contribution is 2.36. The lowest BCUT2D eigenvalue weighted by Crippen LogP contribution is -1.98. The Morgan fingerprint density at radius 2 is 1.74 bits per heavy atom. The van der Waals surface area contributed by atoms with Crippen LogP contribution >= 0.6 is 23.2 Å². The third-order valence-electron chi connectivity index (χ3n) is 2.37. The van der Waals surface area contributed by atoms with Gasteiger partial charge < -0.3 is 14.8 Å². The highest BCUT2D eigenvalue weighted by atomic mass is 35.5. The quantitative estimate of drug-likeness (QED) is 0.936. The molecule has 1 heterocycles. The molecule has 0 bridgehead atoms. The van der Waals surface area contributed by atoms with E-state index >= 15 is 0 Å². The van der Waals surface area contributed by atoms with Gasteiger partial charge in [0.1, 0.15) is 11.5 Å². The van der Waals surface area contributed by atoms with Gasteiger partial charge in [-0.05, 0) is 18.2 Å². The summed E-state index contributed by atoms with van der Waals surface area (Å²) < 4.78 is 10.4. The molecular weight excluding hydrogens is 289 g/mol. The van der Waals surface area contributed by atoms with E-state index in [1.807, 2.05) is 0 Å². The minimum atomic E-state index is 0.324. The van der Waals surface area contributed by atoms with Crippen molar-refractivity contribution in [3.63, 3.8) is 0 Å². The lowest BCUT2D eigenvalue weighted by atomic mass is 10.2. The maximum Gasteiger partial charge on any atom is 0.153 e. The van der Waals surface area contributed by atoms with Gasteiger partial charge >= 0.3 is 0 Å².